The van der Waals surface area contributed by atoms with Gasteiger partial charge in [0.15, 0.2) is 0 Å². The Hall–Kier alpha value is -1.30. The quantitative estimate of drug-likeness (QED) is 0.899. The van der Waals surface area contributed by atoms with Gasteiger partial charge in [-0.15, -0.1) is 0 Å². The monoisotopic (exact) mass is 358 g/mol. The molecule has 0 spiro atoms. The first kappa shape index (κ1) is 18.0. The van der Waals surface area contributed by atoms with Crippen molar-refractivity contribution in [2.24, 2.45) is 5.92 Å². The number of morpholine rings is 1. The van der Waals surface area contributed by atoms with Crippen LogP contribution in [0, 0.1) is 5.92 Å². The van der Waals surface area contributed by atoms with Crippen molar-refractivity contribution in [1.29, 1.82) is 0 Å². The maximum absolute atomic E-state index is 12.2. The van der Waals surface area contributed by atoms with E-state index in [0.717, 1.165) is 5.56 Å². The van der Waals surface area contributed by atoms with Gasteiger partial charge in [0.2, 0.25) is 11.8 Å². The molecular weight excluding hydrogens is 339 g/mol. The van der Waals surface area contributed by atoms with E-state index >= 15 is 0 Å². The highest BCUT2D eigenvalue weighted by molar-refractivity contribution is 6.42. The van der Waals surface area contributed by atoms with Crippen LogP contribution in [-0.4, -0.2) is 43.0 Å². The first-order valence-electron chi connectivity index (χ1n) is 7.50. The minimum atomic E-state index is -0.247. The van der Waals surface area contributed by atoms with Gasteiger partial charge in [-0.3, -0.25) is 9.59 Å². The number of halogens is 2. The molecule has 1 heterocycles. The van der Waals surface area contributed by atoms with Crippen LogP contribution in [0.4, 0.5) is 0 Å². The maximum Gasteiger partial charge on any atom is 0.242 e. The lowest BCUT2D eigenvalue weighted by atomic mass is 10.1. The second kappa shape index (κ2) is 7.99. The number of nitrogens with zero attached hydrogens (tertiary/aromatic N) is 1. The molecule has 126 valence electrons. The molecule has 0 saturated carbocycles. The molecule has 0 aliphatic carbocycles. The van der Waals surface area contributed by atoms with Crippen molar-refractivity contribution < 1.29 is 14.3 Å². The molecule has 23 heavy (non-hydrogen) atoms. The summed E-state index contributed by atoms with van der Waals surface area (Å²) in [7, 11) is 0. The first-order valence-corrected chi connectivity index (χ1v) is 8.26. The molecule has 0 aromatic heterocycles. The molecule has 5 nitrogen and oxygen atoms in total. The van der Waals surface area contributed by atoms with Gasteiger partial charge in [0, 0.05) is 12.5 Å². The van der Waals surface area contributed by atoms with Crippen molar-refractivity contribution >= 4 is 35.0 Å². The molecule has 7 heteroatoms. The van der Waals surface area contributed by atoms with Crippen LogP contribution >= 0.6 is 23.2 Å². The topological polar surface area (TPSA) is 58.6 Å². The number of nitrogens with one attached hydrogen (secondary N) is 1. The van der Waals surface area contributed by atoms with Crippen molar-refractivity contribution in [1.82, 2.24) is 10.2 Å². The third-order valence-electron chi connectivity index (χ3n) is 3.67. The van der Waals surface area contributed by atoms with E-state index in [2.05, 4.69) is 5.32 Å². The number of ether oxygens (including phenoxy) is 1. The average Bonchev–Trinajstić information content (AvgIpc) is 2.54. The van der Waals surface area contributed by atoms with Gasteiger partial charge in [-0.05, 0) is 17.7 Å². The molecule has 1 aromatic rings. The van der Waals surface area contributed by atoms with E-state index in [1.165, 1.54) is 0 Å². The summed E-state index contributed by atoms with van der Waals surface area (Å²) in [4.78, 5) is 25.5. The lowest BCUT2D eigenvalue weighted by Crippen LogP contribution is -2.47. The summed E-state index contributed by atoms with van der Waals surface area (Å²) < 4.78 is 5.72. The van der Waals surface area contributed by atoms with Crippen LogP contribution in [0.15, 0.2) is 18.2 Å². The van der Waals surface area contributed by atoms with E-state index < -0.39 is 0 Å². The largest absolute Gasteiger partial charge is 0.370 e. The molecule has 1 fully saturated rings. The van der Waals surface area contributed by atoms with Gasteiger partial charge >= 0.3 is 0 Å². The molecule has 2 amide bonds. The standard InChI is InChI=1S/C16H20Cl2N2O3/c1-10(2)16(22)19-8-15(21)20-5-6-23-14(9-20)11-3-4-12(17)13(18)7-11/h3-4,7,10,14H,5-6,8-9H2,1-2H3,(H,19,22). The molecule has 2 rings (SSSR count). The number of benzene rings is 1. The number of carbonyl (C=O) groups is 2. The SMILES string of the molecule is CC(C)C(=O)NCC(=O)N1CCOC(c2ccc(Cl)c(Cl)c2)C1. The number of rotatable bonds is 4. The highest BCUT2D eigenvalue weighted by Gasteiger charge is 2.26. The van der Waals surface area contributed by atoms with Crippen molar-refractivity contribution in [3.8, 4) is 0 Å². The summed E-state index contributed by atoms with van der Waals surface area (Å²) >= 11 is 11.9. The van der Waals surface area contributed by atoms with E-state index in [1.54, 1.807) is 30.9 Å². The normalized spacial score (nSPS) is 18.1. The van der Waals surface area contributed by atoms with Crippen LogP contribution in [0.25, 0.3) is 0 Å². The summed E-state index contributed by atoms with van der Waals surface area (Å²) in [6, 6.07) is 5.31. The van der Waals surface area contributed by atoms with Crippen molar-refractivity contribution in [3.63, 3.8) is 0 Å². The summed E-state index contributed by atoms with van der Waals surface area (Å²) in [6.45, 7) is 4.95. The fraction of sp³-hybridized carbons (Fsp3) is 0.500. The third-order valence-corrected chi connectivity index (χ3v) is 4.41. The van der Waals surface area contributed by atoms with Crippen LogP contribution in [0.5, 0.6) is 0 Å². The summed E-state index contributed by atoms with van der Waals surface area (Å²) in [5, 5.41) is 3.58. The van der Waals surface area contributed by atoms with Crippen LogP contribution in [0.1, 0.15) is 25.5 Å². The Kier molecular flexibility index (Phi) is 6.27. The molecule has 1 unspecified atom stereocenters. The van der Waals surface area contributed by atoms with Gasteiger partial charge in [0.1, 0.15) is 6.10 Å². The minimum Gasteiger partial charge on any atom is -0.370 e. The fourth-order valence-electron chi connectivity index (χ4n) is 2.27. The predicted molar refractivity (Wildman–Crippen MR) is 89.6 cm³/mol. The highest BCUT2D eigenvalue weighted by atomic mass is 35.5. The van der Waals surface area contributed by atoms with Gasteiger partial charge in [0.25, 0.3) is 0 Å². The Balaban J connectivity index is 1.96. The molecule has 1 N–H and O–H groups in total. The summed E-state index contributed by atoms with van der Waals surface area (Å²) in [5.41, 5.74) is 0.878. The van der Waals surface area contributed by atoms with Gasteiger partial charge in [-0.2, -0.15) is 0 Å². The predicted octanol–water partition coefficient (Wildman–Crippen LogP) is 2.67. The zero-order valence-electron chi connectivity index (χ0n) is 13.1. The van der Waals surface area contributed by atoms with E-state index in [-0.39, 0.29) is 30.4 Å². The van der Waals surface area contributed by atoms with Crippen LogP contribution < -0.4 is 5.32 Å². The molecule has 1 atom stereocenters. The van der Waals surface area contributed by atoms with Gasteiger partial charge in [-0.1, -0.05) is 43.1 Å². The fourth-order valence-corrected chi connectivity index (χ4v) is 2.58. The zero-order chi connectivity index (χ0) is 17.0. The molecular formula is C16H20Cl2N2O3. The van der Waals surface area contributed by atoms with Crippen LogP contribution in [0.2, 0.25) is 10.0 Å². The lowest BCUT2D eigenvalue weighted by molar-refractivity contribution is -0.139. The molecule has 1 aliphatic rings. The van der Waals surface area contributed by atoms with Gasteiger partial charge in [-0.25, -0.2) is 0 Å². The molecule has 0 bridgehead atoms. The van der Waals surface area contributed by atoms with Crippen LogP contribution in [0.3, 0.4) is 0 Å². The second-order valence-corrected chi connectivity index (χ2v) is 6.56. The molecule has 0 radical (unpaired) electrons. The third kappa shape index (κ3) is 4.83. The average molecular weight is 359 g/mol. The first-order chi connectivity index (χ1) is 10.9. The Morgan fingerprint density at radius 1 is 1.35 bits per heavy atom. The Morgan fingerprint density at radius 2 is 2.09 bits per heavy atom. The molecule has 1 saturated heterocycles. The summed E-state index contributed by atoms with van der Waals surface area (Å²) in [5.74, 6) is -0.392. The second-order valence-electron chi connectivity index (χ2n) is 5.75. The molecule has 1 aliphatic heterocycles. The van der Waals surface area contributed by atoms with Crippen LogP contribution in [-0.2, 0) is 14.3 Å². The van der Waals surface area contributed by atoms with Gasteiger partial charge < -0.3 is 15.0 Å². The number of carbonyl (C=O) groups excluding carboxylic acids is 2. The van der Waals surface area contributed by atoms with E-state index in [9.17, 15) is 9.59 Å². The zero-order valence-corrected chi connectivity index (χ0v) is 14.7. The Morgan fingerprint density at radius 3 is 2.74 bits per heavy atom. The van der Waals surface area contributed by atoms with E-state index in [4.69, 9.17) is 27.9 Å². The minimum absolute atomic E-state index is 0.00507. The number of hydrogen-bond acceptors (Lipinski definition) is 3. The molecule has 1 aromatic carbocycles. The van der Waals surface area contributed by atoms with Crippen molar-refractivity contribution in [2.45, 2.75) is 20.0 Å². The van der Waals surface area contributed by atoms with E-state index in [1.807, 2.05) is 6.07 Å². The number of hydrogen-bond donors (Lipinski definition) is 1. The number of amides is 2. The van der Waals surface area contributed by atoms with Gasteiger partial charge in [0.05, 0.1) is 29.7 Å². The Bertz CT molecular complexity index is 593. The van der Waals surface area contributed by atoms with Crippen molar-refractivity contribution in [3.05, 3.63) is 33.8 Å². The van der Waals surface area contributed by atoms with E-state index in [0.29, 0.717) is 29.7 Å². The highest BCUT2D eigenvalue weighted by Crippen LogP contribution is 2.29. The Labute approximate surface area is 145 Å². The maximum atomic E-state index is 12.2. The summed E-state index contributed by atoms with van der Waals surface area (Å²) in [6.07, 6.45) is -0.247. The lowest BCUT2D eigenvalue weighted by Gasteiger charge is -2.33. The smallest absolute Gasteiger partial charge is 0.242 e. The van der Waals surface area contributed by atoms with Crippen molar-refractivity contribution in [2.75, 3.05) is 26.2 Å².